The molecule has 0 aromatic heterocycles. The minimum absolute atomic E-state index is 0.189. The van der Waals surface area contributed by atoms with E-state index in [0.717, 1.165) is 51.1 Å². The third kappa shape index (κ3) is 4.93. The highest BCUT2D eigenvalue weighted by Crippen LogP contribution is 2.39. The molecule has 0 radical (unpaired) electrons. The number of rotatable bonds is 9. The summed E-state index contributed by atoms with van der Waals surface area (Å²) in [5.41, 5.74) is 2.53. The SMILES string of the molecule is CCCCC(CC)C(=O)N1CCSC1c1ccc(N(CC)CC)cc1. The second kappa shape index (κ2) is 10.1. The van der Waals surface area contributed by atoms with Crippen molar-refractivity contribution in [3.05, 3.63) is 29.8 Å². The van der Waals surface area contributed by atoms with Crippen LogP contribution in [0, 0.1) is 5.92 Å². The fraction of sp³-hybridized carbons (Fsp3) is 0.667. The smallest absolute Gasteiger partial charge is 0.226 e. The molecular weight excluding hydrogens is 328 g/mol. The van der Waals surface area contributed by atoms with Crippen molar-refractivity contribution in [1.29, 1.82) is 0 Å². The van der Waals surface area contributed by atoms with E-state index in [1.165, 1.54) is 11.3 Å². The Balaban J connectivity index is 2.11. The first kappa shape index (κ1) is 20.2. The Morgan fingerprint density at radius 1 is 1.20 bits per heavy atom. The van der Waals surface area contributed by atoms with Crippen LogP contribution in [-0.4, -0.2) is 36.2 Å². The van der Waals surface area contributed by atoms with Gasteiger partial charge in [-0.25, -0.2) is 0 Å². The van der Waals surface area contributed by atoms with Gasteiger partial charge in [-0.05, 0) is 44.4 Å². The van der Waals surface area contributed by atoms with E-state index in [1.54, 1.807) is 0 Å². The normalized spacial score (nSPS) is 18.4. The molecule has 2 unspecified atom stereocenters. The molecule has 4 heteroatoms. The minimum Gasteiger partial charge on any atom is -0.372 e. The zero-order valence-corrected chi connectivity index (χ0v) is 17.1. The van der Waals surface area contributed by atoms with Gasteiger partial charge in [-0.3, -0.25) is 4.79 Å². The fourth-order valence-corrected chi connectivity index (χ4v) is 4.86. The Morgan fingerprint density at radius 2 is 1.88 bits per heavy atom. The topological polar surface area (TPSA) is 23.6 Å². The first-order valence-electron chi connectivity index (χ1n) is 9.93. The molecule has 1 aromatic rings. The van der Waals surface area contributed by atoms with Crippen LogP contribution in [0.15, 0.2) is 24.3 Å². The van der Waals surface area contributed by atoms with Gasteiger partial charge in [0.25, 0.3) is 0 Å². The largest absolute Gasteiger partial charge is 0.372 e. The van der Waals surface area contributed by atoms with Crippen LogP contribution in [0.1, 0.15) is 64.3 Å². The van der Waals surface area contributed by atoms with E-state index in [-0.39, 0.29) is 11.3 Å². The summed E-state index contributed by atoms with van der Waals surface area (Å²) in [6, 6.07) is 8.84. The van der Waals surface area contributed by atoms with E-state index in [2.05, 4.69) is 61.8 Å². The summed E-state index contributed by atoms with van der Waals surface area (Å²) in [5.74, 6) is 1.59. The molecule has 25 heavy (non-hydrogen) atoms. The number of carbonyl (C=O) groups is 1. The highest BCUT2D eigenvalue weighted by atomic mass is 32.2. The summed E-state index contributed by atoms with van der Waals surface area (Å²) in [4.78, 5) is 17.5. The zero-order chi connectivity index (χ0) is 18.2. The number of hydrogen-bond acceptors (Lipinski definition) is 3. The van der Waals surface area contributed by atoms with Crippen molar-refractivity contribution in [3.8, 4) is 0 Å². The van der Waals surface area contributed by atoms with Crippen LogP contribution >= 0.6 is 11.8 Å². The second-order valence-corrected chi connectivity index (χ2v) is 7.95. The summed E-state index contributed by atoms with van der Waals surface area (Å²) in [6.07, 6.45) is 4.29. The van der Waals surface area contributed by atoms with Crippen molar-refractivity contribution in [2.24, 2.45) is 5.92 Å². The van der Waals surface area contributed by atoms with Crippen LogP contribution in [0.3, 0.4) is 0 Å². The molecule has 1 aliphatic rings. The highest BCUT2D eigenvalue weighted by Gasteiger charge is 2.33. The molecule has 0 bridgehead atoms. The predicted octanol–water partition coefficient (Wildman–Crippen LogP) is 5.32. The van der Waals surface area contributed by atoms with Gasteiger partial charge in [-0.2, -0.15) is 0 Å². The second-order valence-electron chi connectivity index (χ2n) is 6.77. The Bertz CT molecular complexity index is 527. The van der Waals surface area contributed by atoms with Gasteiger partial charge < -0.3 is 9.80 Å². The van der Waals surface area contributed by atoms with Gasteiger partial charge in [0.1, 0.15) is 5.37 Å². The van der Waals surface area contributed by atoms with E-state index in [9.17, 15) is 4.79 Å². The molecule has 2 rings (SSSR count). The predicted molar refractivity (Wildman–Crippen MR) is 110 cm³/mol. The maximum Gasteiger partial charge on any atom is 0.226 e. The van der Waals surface area contributed by atoms with Crippen molar-refractivity contribution < 1.29 is 4.79 Å². The molecule has 0 aliphatic carbocycles. The molecule has 0 spiro atoms. The van der Waals surface area contributed by atoms with Gasteiger partial charge in [-0.15, -0.1) is 11.8 Å². The number of benzene rings is 1. The molecule has 1 amide bonds. The number of hydrogen-bond donors (Lipinski definition) is 0. The number of anilines is 1. The van der Waals surface area contributed by atoms with Crippen LogP contribution in [0.5, 0.6) is 0 Å². The molecule has 1 fully saturated rings. The molecule has 1 aliphatic heterocycles. The third-order valence-corrected chi connectivity index (χ3v) is 6.49. The molecule has 3 nitrogen and oxygen atoms in total. The van der Waals surface area contributed by atoms with Gasteiger partial charge >= 0.3 is 0 Å². The van der Waals surface area contributed by atoms with Crippen LogP contribution in [0.25, 0.3) is 0 Å². The fourth-order valence-electron chi connectivity index (χ4n) is 3.60. The lowest BCUT2D eigenvalue weighted by molar-refractivity contribution is -0.136. The van der Waals surface area contributed by atoms with E-state index in [4.69, 9.17) is 0 Å². The Labute approximate surface area is 158 Å². The quantitative estimate of drug-likeness (QED) is 0.594. The summed E-state index contributed by atoms with van der Waals surface area (Å²) in [7, 11) is 0. The third-order valence-electron chi connectivity index (χ3n) is 5.23. The van der Waals surface area contributed by atoms with Gasteiger partial charge in [0, 0.05) is 37.0 Å². The van der Waals surface area contributed by atoms with E-state index < -0.39 is 0 Å². The van der Waals surface area contributed by atoms with Crippen molar-refractivity contribution in [2.45, 2.75) is 58.8 Å². The Morgan fingerprint density at radius 3 is 2.44 bits per heavy atom. The van der Waals surface area contributed by atoms with E-state index >= 15 is 0 Å². The van der Waals surface area contributed by atoms with Crippen molar-refractivity contribution in [1.82, 2.24) is 4.90 Å². The first-order valence-corrected chi connectivity index (χ1v) is 11.0. The first-order chi connectivity index (χ1) is 12.2. The average Bonchev–Trinajstić information content (AvgIpc) is 3.13. The lowest BCUT2D eigenvalue weighted by Crippen LogP contribution is -2.35. The zero-order valence-electron chi connectivity index (χ0n) is 16.3. The van der Waals surface area contributed by atoms with Crippen LogP contribution in [0.4, 0.5) is 5.69 Å². The van der Waals surface area contributed by atoms with Crippen molar-refractivity contribution in [2.75, 3.05) is 30.3 Å². The van der Waals surface area contributed by atoms with Crippen molar-refractivity contribution >= 4 is 23.4 Å². The molecule has 0 saturated carbocycles. The van der Waals surface area contributed by atoms with Gasteiger partial charge in [0.15, 0.2) is 0 Å². The van der Waals surface area contributed by atoms with Crippen LogP contribution in [-0.2, 0) is 4.79 Å². The van der Waals surface area contributed by atoms with Crippen LogP contribution in [0.2, 0.25) is 0 Å². The number of carbonyl (C=O) groups excluding carboxylic acids is 1. The van der Waals surface area contributed by atoms with E-state index in [0.29, 0.717) is 5.91 Å². The summed E-state index contributed by atoms with van der Waals surface area (Å²) >= 11 is 1.90. The van der Waals surface area contributed by atoms with Crippen LogP contribution < -0.4 is 4.90 Å². The maximum absolute atomic E-state index is 13.0. The summed E-state index contributed by atoms with van der Waals surface area (Å²) in [5, 5.41) is 0.189. The molecule has 1 heterocycles. The molecule has 1 aromatic carbocycles. The molecule has 2 atom stereocenters. The Kier molecular flexibility index (Phi) is 8.14. The monoisotopic (exact) mass is 362 g/mol. The highest BCUT2D eigenvalue weighted by molar-refractivity contribution is 7.99. The molecule has 140 valence electrons. The molecule has 0 N–H and O–H groups in total. The Hall–Kier alpha value is -1.16. The standard InChI is InChI=1S/C21H34N2OS/c1-5-9-10-17(6-2)20(24)23-15-16-25-21(23)18-11-13-19(14-12-18)22(7-3)8-4/h11-14,17,21H,5-10,15-16H2,1-4H3. The lowest BCUT2D eigenvalue weighted by Gasteiger charge is -2.28. The molecular formula is C21H34N2OS. The van der Waals surface area contributed by atoms with E-state index in [1.807, 2.05) is 11.8 Å². The molecule has 1 saturated heterocycles. The lowest BCUT2D eigenvalue weighted by atomic mass is 9.97. The van der Waals surface area contributed by atoms with Gasteiger partial charge in [-0.1, -0.05) is 38.8 Å². The van der Waals surface area contributed by atoms with Gasteiger partial charge in [0.05, 0.1) is 0 Å². The number of thioether (sulfide) groups is 1. The minimum atomic E-state index is 0.189. The number of unbranched alkanes of at least 4 members (excludes halogenated alkanes) is 1. The maximum atomic E-state index is 13.0. The number of nitrogens with zero attached hydrogens (tertiary/aromatic N) is 2. The van der Waals surface area contributed by atoms with Crippen molar-refractivity contribution in [3.63, 3.8) is 0 Å². The summed E-state index contributed by atoms with van der Waals surface area (Å²) in [6.45, 7) is 11.6. The average molecular weight is 363 g/mol. The summed E-state index contributed by atoms with van der Waals surface area (Å²) < 4.78 is 0. The number of amides is 1. The van der Waals surface area contributed by atoms with Gasteiger partial charge in [0.2, 0.25) is 5.91 Å².